The maximum absolute atomic E-state index is 12.9. The topological polar surface area (TPSA) is 102 Å². The van der Waals surface area contributed by atoms with Crippen LogP contribution in [0.5, 0.6) is 11.5 Å². The van der Waals surface area contributed by atoms with Crippen molar-refractivity contribution in [1.29, 1.82) is 0 Å². The van der Waals surface area contributed by atoms with Crippen LogP contribution in [0.15, 0.2) is 18.7 Å². The summed E-state index contributed by atoms with van der Waals surface area (Å²) in [5.74, 6) is -0.829. The van der Waals surface area contributed by atoms with Gasteiger partial charge < -0.3 is 18.8 Å². The summed E-state index contributed by atoms with van der Waals surface area (Å²) in [6.45, 7) is 0.932. The highest BCUT2D eigenvalue weighted by atomic mass is 127. The second-order valence-electron chi connectivity index (χ2n) is 4.28. The fraction of sp³-hybridized carbons (Fsp3) is 0.308. The van der Waals surface area contributed by atoms with Crippen LogP contribution in [0.4, 0.5) is 8.78 Å². The van der Waals surface area contributed by atoms with E-state index in [1.165, 1.54) is 7.11 Å². The van der Waals surface area contributed by atoms with Crippen molar-refractivity contribution in [2.24, 2.45) is 0 Å². The van der Waals surface area contributed by atoms with Crippen LogP contribution in [0, 0.1) is 3.57 Å². The lowest BCUT2D eigenvalue weighted by Gasteiger charge is -2.19. The molecule has 11 heteroatoms. The molecule has 0 bridgehead atoms. The molecule has 0 N–H and O–H groups in total. The van der Waals surface area contributed by atoms with E-state index >= 15 is 0 Å². The van der Waals surface area contributed by atoms with Gasteiger partial charge in [-0.15, -0.1) is 0 Å². The van der Waals surface area contributed by atoms with Gasteiger partial charge in [-0.3, -0.25) is 0 Å². The molecule has 1 aromatic carbocycles. The summed E-state index contributed by atoms with van der Waals surface area (Å²) in [6.07, 6.45) is 1.56. The maximum Gasteiger partial charge on any atom is 0.367 e. The van der Waals surface area contributed by atoms with Gasteiger partial charge in [-0.1, -0.05) is 12.7 Å². The van der Waals surface area contributed by atoms with Gasteiger partial charge in [0, 0.05) is 0 Å². The van der Waals surface area contributed by atoms with Crippen molar-refractivity contribution in [3.8, 4) is 11.5 Å². The lowest BCUT2D eigenvalue weighted by Crippen LogP contribution is -2.35. The number of carbonyl (C=O) groups is 1. The second-order valence-corrected chi connectivity index (χ2v) is 6.95. The zero-order valence-electron chi connectivity index (χ0n) is 12.3. The molecule has 1 aromatic rings. The number of halogens is 3. The number of methoxy groups -OCH3 is 1. The summed E-state index contributed by atoms with van der Waals surface area (Å²) in [4.78, 5) is 11.4. The van der Waals surface area contributed by atoms with Crippen molar-refractivity contribution >= 4 is 44.8 Å². The molecule has 0 amide bonds. The average Bonchev–Trinajstić information content (AvgIpc) is 2.49. The Morgan fingerprint density at radius 1 is 1.46 bits per heavy atom. The fourth-order valence-electron chi connectivity index (χ4n) is 1.41. The van der Waals surface area contributed by atoms with E-state index in [4.69, 9.17) is 9.47 Å². The summed E-state index contributed by atoms with van der Waals surface area (Å²) in [5, 5.41) is -4.71. The first-order valence-electron chi connectivity index (χ1n) is 6.13. The molecule has 0 spiro atoms. The van der Waals surface area contributed by atoms with Crippen molar-refractivity contribution in [3.05, 3.63) is 27.8 Å². The van der Waals surface area contributed by atoms with Crippen LogP contribution >= 0.6 is 22.6 Å². The van der Waals surface area contributed by atoms with Gasteiger partial charge >= 0.3 is 11.2 Å². The number of benzene rings is 1. The summed E-state index contributed by atoms with van der Waals surface area (Å²) < 4.78 is 71.4. The number of alkyl halides is 2. The minimum atomic E-state index is -5.92. The lowest BCUT2D eigenvalue weighted by molar-refractivity contribution is -0.152. The maximum atomic E-state index is 12.9. The van der Waals surface area contributed by atoms with E-state index in [0.29, 0.717) is 3.57 Å². The first kappa shape index (κ1) is 20.6. The van der Waals surface area contributed by atoms with Crippen LogP contribution in [0.1, 0.15) is 5.56 Å². The number of carbonyl (C=O) groups excluding carboxylic acids is 1. The standard InChI is InChI=1S/C13H13F2IO7S/c1-3-8-4-9(16)12(10(5-8)21-2)22-6-11(17)23-7-13(14,15)24(18,19)20/h3-5H,1,6-7H2,2H3,(H,18,19,20)/p-1. The van der Waals surface area contributed by atoms with Crippen LogP contribution in [0.25, 0.3) is 6.08 Å². The molecule has 0 heterocycles. The Kier molecular flexibility index (Phi) is 6.92. The molecule has 0 fully saturated rings. The van der Waals surface area contributed by atoms with E-state index in [0.717, 1.165) is 5.56 Å². The smallest absolute Gasteiger partial charge is 0.367 e. The average molecular weight is 477 g/mol. The SMILES string of the molecule is C=Cc1cc(I)c(OCC(=O)OCC(F)(F)S(=O)(=O)[O-])c(OC)c1. The molecule has 0 radical (unpaired) electrons. The van der Waals surface area contributed by atoms with E-state index in [1.807, 2.05) is 22.6 Å². The molecule has 0 aliphatic heterocycles. The number of rotatable bonds is 8. The molecule has 0 aliphatic carbocycles. The van der Waals surface area contributed by atoms with Gasteiger partial charge in [0.05, 0.1) is 10.7 Å². The number of esters is 1. The van der Waals surface area contributed by atoms with E-state index in [9.17, 15) is 26.5 Å². The zero-order valence-corrected chi connectivity index (χ0v) is 15.2. The largest absolute Gasteiger partial charge is 0.743 e. The van der Waals surface area contributed by atoms with E-state index in [2.05, 4.69) is 11.3 Å². The van der Waals surface area contributed by atoms with E-state index < -0.39 is 34.6 Å². The van der Waals surface area contributed by atoms with Crippen LogP contribution in [-0.4, -0.2) is 44.5 Å². The van der Waals surface area contributed by atoms with Crippen molar-refractivity contribution in [3.63, 3.8) is 0 Å². The Hall–Kier alpha value is -1.47. The van der Waals surface area contributed by atoms with E-state index in [1.54, 1.807) is 18.2 Å². The Morgan fingerprint density at radius 2 is 2.08 bits per heavy atom. The molecule has 1 rings (SSSR count). The van der Waals surface area contributed by atoms with Crippen molar-refractivity contribution in [2.45, 2.75) is 5.25 Å². The van der Waals surface area contributed by atoms with Gasteiger partial charge in [-0.2, -0.15) is 8.78 Å². The van der Waals surface area contributed by atoms with Crippen molar-refractivity contribution in [1.82, 2.24) is 0 Å². The monoisotopic (exact) mass is 477 g/mol. The third-order valence-electron chi connectivity index (χ3n) is 2.59. The fourth-order valence-corrected chi connectivity index (χ4v) is 2.39. The summed E-state index contributed by atoms with van der Waals surface area (Å²) in [5.41, 5.74) is 0.728. The molecule has 0 atom stereocenters. The van der Waals surface area contributed by atoms with Gasteiger partial charge in [-0.05, 0) is 40.3 Å². The molecule has 0 saturated carbocycles. The Labute approximate surface area is 150 Å². The highest BCUT2D eigenvalue weighted by Gasteiger charge is 2.39. The molecular weight excluding hydrogens is 465 g/mol. The normalized spacial score (nSPS) is 11.7. The lowest BCUT2D eigenvalue weighted by atomic mass is 10.2. The van der Waals surface area contributed by atoms with Gasteiger partial charge in [-0.25, -0.2) is 13.2 Å². The highest BCUT2D eigenvalue weighted by molar-refractivity contribution is 14.1. The minimum Gasteiger partial charge on any atom is -0.743 e. The van der Waals surface area contributed by atoms with Crippen LogP contribution in [0.2, 0.25) is 0 Å². The van der Waals surface area contributed by atoms with Crippen molar-refractivity contribution in [2.75, 3.05) is 20.3 Å². The molecular formula is C13H12F2IO7S-. The van der Waals surface area contributed by atoms with Crippen LogP contribution in [0.3, 0.4) is 0 Å². The van der Waals surface area contributed by atoms with Gasteiger partial charge in [0.25, 0.3) is 0 Å². The summed E-state index contributed by atoms with van der Waals surface area (Å²) in [6, 6.07) is 3.25. The summed E-state index contributed by atoms with van der Waals surface area (Å²) >= 11 is 1.90. The van der Waals surface area contributed by atoms with E-state index in [-0.39, 0.29) is 11.5 Å². The third-order valence-corrected chi connectivity index (χ3v) is 4.24. The Morgan fingerprint density at radius 3 is 2.58 bits per heavy atom. The predicted molar refractivity (Wildman–Crippen MR) is 86.9 cm³/mol. The Bertz CT molecular complexity index is 734. The molecule has 0 aromatic heterocycles. The Balaban J connectivity index is 2.73. The van der Waals surface area contributed by atoms with Gasteiger partial charge in [0.1, 0.15) is 0 Å². The number of ether oxygens (including phenoxy) is 3. The number of hydrogen-bond donors (Lipinski definition) is 0. The number of hydrogen-bond acceptors (Lipinski definition) is 7. The molecule has 7 nitrogen and oxygen atoms in total. The molecule has 0 aliphatic rings. The minimum absolute atomic E-state index is 0.170. The molecule has 24 heavy (non-hydrogen) atoms. The van der Waals surface area contributed by atoms with Crippen LogP contribution < -0.4 is 9.47 Å². The predicted octanol–water partition coefficient (Wildman–Crippen LogP) is 2.00. The quantitative estimate of drug-likeness (QED) is 0.321. The highest BCUT2D eigenvalue weighted by Crippen LogP contribution is 2.34. The zero-order chi connectivity index (χ0) is 18.5. The van der Waals surface area contributed by atoms with Crippen LogP contribution in [-0.2, 0) is 19.6 Å². The van der Waals surface area contributed by atoms with Gasteiger partial charge in [0.2, 0.25) is 0 Å². The molecule has 0 saturated heterocycles. The molecule has 134 valence electrons. The first-order chi connectivity index (χ1) is 11.0. The third kappa shape index (κ3) is 5.27. The second kappa shape index (κ2) is 8.07. The van der Waals surface area contributed by atoms with Crippen molar-refractivity contribution < 1.29 is 40.8 Å². The van der Waals surface area contributed by atoms with Gasteiger partial charge in [0.15, 0.2) is 34.8 Å². The first-order valence-corrected chi connectivity index (χ1v) is 8.62. The summed E-state index contributed by atoms with van der Waals surface area (Å²) in [7, 11) is -4.56. The molecule has 0 unspecified atom stereocenters.